The number of rotatable bonds is 4. The number of nitrogens with zero attached hydrogens (tertiary/aromatic N) is 1. The molecule has 0 unspecified atom stereocenters. The van der Waals surface area contributed by atoms with Gasteiger partial charge in [0.15, 0.2) is 0 Å². The number of nitrogen functional groups attached to an aromatic ring is 1. The zero-order valence-corrected chi connectivity index (χ0v) is 11.1. The average molecular weight is 257 g/mol. The normalized spacial score (nSPS) is 22.2. The maximum Gasteiger partial charge on any atom is 0.0614 e. The minimum Gasteiger partial charge on any atom is -0.398 e. The third-order valence-electron chi connectivity index (χ3n) is 3.71. The van der Waals surface area contributed by atoms with E-state index in [9.17, 15) is 0 Å². The van der Waals surface area contributed by atoms with E-state index in [1.807, 2.05) is 31.3 Å². The molecule has 0 bridgehead atoms. The summed E-state index contributed by atoms with van der Waals surface area (Å²) in [6, 6.07) is 6.49. The minimum atomic E-state index is 0.421. The van der Waals surface area contributed by atoms with Crippen LogP contribution >= 0.6 is 0 Å². The van der Waals surface area contributed by atoms with Gasteiger partial charge in [0.25, 0.3) is 0 Å². The molecule has 3 N–H and O–H groups in total. The van der Waals surface area contributed by atoms with Crippen LogP contribution in [0.25, 0.3) is 10.8 Å². The highest BCUT2D eigenvalue weighted by Gasteiger charge is 2.29. The second kappa shape index (κ2) is 5.05. The first-order valence-corrected chi connectivity index (χ1v) is 6.78. The second-order valence-electron chi connectivity index (χ2n) is 5.01. The Morgan fingerprint density at radius 1 is 1.32 bits per heavy atom. The Balaban J connectivity index is 1.77. The summed E-state index contributed by atoms with van der Waals surface area (Å²) in [5.41, 5.74) is 7.88. The lowest BCUT2D eigenvalue weighted by molar-refractivity contribution is 0.00302. The van der Waals surface area contributed by atoms with Gasteiger partial charge in [0.05, 0.1) is 6.10 Å². The Bertz CT molecular complexity index is 579. The van der Waals surface area contributed by atoms with E-state index in [4.69, 9.17) is 10.5 Å². The molecule has 1 aromatic carbocycles. The van der Waals surface area contributed by atoms with Crippen LogP contribution in [0.3, 0.4) is 0 Å². The molecule has 0 radical (unpaired) electrons. The fraction of sp³-hybridized carbons (Fsp3) is 0.400. The largest absolute Gasteiger partial charge is 0.398 e. The van der Waals surface area contributed by atoms with E-state index in [1.54, 1.807) is 6.20 Å². The smallest absolute Gasteiger partial charge is 0.0614 e. The van der Waals surface area contributed by atoms with Crippen molar-refractivity contribution in [2.24, 2.45) is 0 Å². The van der Waals surface area contributed by atoms with Gasteiger partial charge in [-0.3, -0.25) is 4.98 Å². The van der Waals surface area contributed by atoms with Crippen LogP contribution in [0.4, 0.5) is 11.4 Å². The number of fused-ring (bicyclic) bond motifs is 1. The number of nitrogens with two attached hydrogens (primary N) is 1. The van der Waals surface area contributed by atoms with Crippen LogP contribution in [0.15, 0.2) is 30.6 Å². The van der Waals surface area contributed by atoms with Crippen LogP contribution in [0.2, 0.25) is 0 Å². The van der Waals surface area contributed by atoms with Crippen molar-refractivity contribution in [3.8, 4) is 0 Å². The number of hydrogen-bond donors (Lipinski definition) is 2. The number of ether oxygens (including phenoxy) is 1. The highest BCUT2D eigenvalue weighted by atomic mass is 16.5. The monoisotopic (exact) mass is 257 g/mol. The summed E-state index contributed by atoms with van der Waals surface area (Å²) in [5, 5.41) is 5.72. The molecule has 4 nitrogen and oxygen atoms in total. The Labute approximate surface area is 113 Å². The SMILES string of the molecule is CCOC1CC(Nc2ccc(N)c3cnccc23)C1. The fourth-order valence-corrected chi connectivity index (χ4v) is 2.61. The number of hydrogen-bond acceptors (Lipinski definition) is 4. The molecule has 4 heteroatoms. The van der Waals surface area contributed by atoms with Crippen LogP contribution in [0.5, 0.6) is 0 Å². The van der Waals surface area contributed by atoms with Gasteiger partial charge in [-0.25, -0.2) is 0 Å². The Morgan fingerprint density at radius 3 is 2.95 bits per heavy atom. The second-order valence-corrected chi connectivity index (χ2v) is 5.01. The van der Waals surface area contributed by atoms with E-state index >= 15 is 0 Å². The van der Waals surface area contributed by atoms with E-state index < -0.39 is 0 Å². The quantitative estimate of drug-likeness (QED) is 0.827. The molecule has 3 rings (SSSR count). The van der Waals surface area contributed by atoms with Gasteiger partial charge in [0.2, 0.25) is 0 Å². The summed E-state index contributed by atoms with van der Waals surface area (Å²) in [5.74, 6) is 0. The molecular formula is C15H19N3O. The molecule has 0 spiro atoms. The van der Waals surface area contributed by atoms with Gasteiger partial charge in [0.1, 0.15) is 0 Å². The molecule has 1 fully saturated rings. The van der Waals surface area contributed by atoms with Gasteiger partial charge in [-0.15, -0.1) is 0 Å². The summed E-state index contributed by atoms with van der Waals surface area (Å²) in [4.78, 5) is 4.14. The molecular weight excluding hydrogens is 238 g/mol. The summed E-state index contributed by atoms with van der Waals surface area (Å²) in [6.07, 6.45) is 6.19. The van der Waals surface area contributed by atoms with Crippen LogP contribution in [-0.4, -0.2) is 23.7 Å². The summed E-state index contributed by atoms with van der Waals surface area (Å²) >= 11 is 0. The van der Waals surface area contributed by atoms with Crippen molar-refractivity contribution in [2.45, 2.75) is 31.9 Å². The molecule has 1 aromatic heterocycles. The minimum absolute atomic E-state index is 0.421. The van der Waals surface area contributed by atoms with Crippen molar-refractivity contribution < 1.29 is 4.74 Å². The van der Waals surface area contributed by atoms with Crippen LogP contribution in [-0.2, 0) is 4.74 Å². The molecule has 0 amide bonds. The first-order valence-electron chi connectivity index (χ1n) is 6.78. The van der Waals surface area contributed by atoms with Gasteiger partial charge in [-0.2, -0.15) is 0 Å². The van der Waals surface area contributed by atoms with E-state index in [0.717, 1.165) is 41.6 Å². The van der Waals surface area contributed by atoms with E-state index in [0.29, 0.717) is 12.1 Å². The predicted octanol–water partition coefficient (Wildman–Crippen LogP) is 2.80. The molecule has 1 aliphatic carbocycles. The van der Waals surface area contributed by atoms with Crippen LogP contribution in [0.1, 0.15) is 19.8 Å². The number of pyridine rings is 1. The number of anilines is 2. The molecule has 1 saturated carbocycles. The molecule has 0 saturated heterocycles. The third kappa shape index (κ3) is 2.36. The van der Waals surface area contributed by atoms with Crippen molar-refractivity contribution >= 4 is 22.1 Å². The third-order valence-corrected chi connectivity index (χ3v) is 3.71. The Hall–Kier alpha value is -1.81. The topological polar surface area (TPSA) is 60.2 Å². The zero-order chi connectivity index (χ0) is 13.2. The standard InChI is InChI=1S/C15H19N3O/c1-2-19-11-7-10(8-11)18-15-4-3-14(16)13-9-17-6-5-12(13)15/h3-6,9-11,18H,2,7-8,16H2,1H3. The zero-order valence-electron chi connectivity index (χ0n) is 11.1. The van der Waals surface area contributed by atoms with Gasteiger partial charge >= 0.3 is 0 Å². The lowest BCUT2D eigenvalue weighted by Crippen LogP contribution is -2.40. The molecule has 1 aliphatic rings. The van der Waals surface area contributed by atoms with Crippen LogP contribution < -0.4 is 11.1 Å². The van der Waals surface area contributed by atoms with Crippen molar-refractivity contribution in [3.05, 3.63) is 30.6 Å². The van der Waals surface area contributed by atoms with E-state index in [1.165, 1.54) is 0 Å². The van der Waals surface area contributed by atoms with Gasteiger partial charge in [-0.05, 0) is 38.0 Å². The van der Waals surface area contributed by atoms with E-state index in [-0.39, 0.29) is 0 Å². The van der Waals surface area contributed by atoms with E-state index in [2.05, 4.69) is 10.3 Å². The number of aromatic nitrogens is 1. The summed E-state index contributed by atoms with van der Waals surface area (Å²) in [7, 11) is 0. The van der Waals surface area contributed by atoms with Gasteiger partial charge < -0.3 is 15.8 Å². The number of benzene rings is 1. The Morgan fingerprint density at radius 2 is 2.16 bits per heavy atom. The lowest BCUT2D eigenvalue weighted by atomic mass is 9.89. The molecule has 0 aliphatic heterocycles. The highest BCUT2D eigenvalue weighted by Crippen LogP contribution is 2.32. The van der Waals surface area contributed by atoms with Gasteiger partial charge in [0, 0.05) is 47.2 Å². The maximum atomic E-state index is 5.98. The van der Waals surface area contributed by atoms with Crippen LogP contribution in [0, 0.1) is 0 Å². The molecule has 100 valence electrons. The molecule has 0 atom stereocenters. The van der Waals surface area contributed by atoms with Crippen molar-refractivity contribution in [2.75, 3.05) is 17.7 Å². The Kier molecular flexibility index (Phi) is 3.25. The maximum absolute atomic E-state index is 5.98. The predicted molar refractivity (Wildman–Crippen MR) is 78.2 cm³/mol. The van der Waals surface area contributed by atoms with Crippen molar-refractivity contribution in [1.29, 1.82) is 0 Å². The highest BCUT2D eigenvalue weighted by molar-refractivity contribution is 6.00. The summed E-state index contributed by atoms with van der Waals surface area (Å²) < 4.78 is 5.58. The first kappa shape index (κ1) is 12.2. The van der Waals surface area contributed by atoms with Gasteiger partial charge in [-0.1, -0.05) is 0 Å². The molecule has 1 heterocycles. The van der Waals surface area contributed by atoms with Crippen molar-refractivity contribution in [1.82, 2.24) is 4.98 Å². The average Bonchev–Trinajstić information content (AvgIpc) is 2.39. The fourth-order valence-electron chi connectivity index (χ4n) is 2.61. The first-order chi connectivity index (χ1) is 9.28. The van der Waals surface area contributed by atoms with Crippen molar-refractivity contribution in [3.63, 3.8) is 0 Å². The molecule has 19 heavy (non-hydrogen) atoms. The lowest BCUT2D eigenvalue weighted by Gasteiger charge is -2.36. The number of nitrogens with one attached hydrogen (secondary N) is 1. The molecule has 2 aromatic rings. The summed E-state index contributed by atoms with van der Waals surface area (Å²) in [6.45, 7) is 2.84.